The molecule has 1 aromatic heterocycles. The molecule has 0 aliphatic carbocycles. The van der Waals surface area contributed by atoms with Crippen molar-refractivity contribution in [1.82, 2.24) is 0 Å². The van der Waals surface area contributed by atoms with E-state index >= 15 is 0 Å². The summed E-state index contributed by atoms with van der Waals surface area (Å²) in [6.07, 6.45) is 0. The summed E-state index contributed by atoms with van der Waals surface area (Å²) in [4.78, 5) is 13.2. The van der Waals surface area contributed by atoms with Gasteiger partial charge in [0.05, 0.1) is 0 Å². The van der Waals surface area contributed by atoms with Crippen molar-refractivity contribution in [2.45, 2.75) is 4.90 Å². The fourth-order valence-electron chi connectivity index (χ4n) is 1.83. The summed E-state index contributed by atoms with van der Waals surface area (Å²) in [7, 11) is 6.85. The number of halogens is 1. The number of rotatable bonds is 1. The quantitative estimate of drug-likeness (QED) is 0.602. The van der Waals surface area contributed by atoms with E-state index in [9.17, 15) is 4.79 Å². The largest absolute Gasteiger partial charge is 0.289 e. The summed E-state index contributed by atoms with van der Waals surface area (Å²) in [5, 5.41) is 1.53. The Morgan fingerprint density at radius 3 is 2.59 bits per heavy atom. The molecule has 0 aliphatic rings. The van der Waals surface area contributed by atoms with Crippen molar-refractivity contribution in [2.75, 3.05) is 0 Å². The van der Waals surface area contributed by atoms with Gasteiger partial charge in [-0.05, 0) is 52.0 Å². The molecule has 0 unspecified atom stereocenters. The van der Waals surface area contributed by atoms with E-state index in [1.54, 1.807) is 11.3 Å². The average Bonchev–Trinajstić information content (AvgIpc) is 2.39. The van der Waals surface area contributed by atoms with Crippen LogP contribution in [0.5, 0.6) is 0 Å². The normalized spacial score (nSPS) is 11.1. The van der Waals surface area contributed by atoms with Crippen molar-refractivity contribution >= 4 is 53.2 Å². The van der Waals surface area contributed by atoms with Gasteiger partial charge in [-0.3, -0.25) is 4.79 Å². The molecule has 0 atom stereocenters. The number of benzene rings is 2. The van der Waals surface area contributed by atoms with Gasteiger partial charge in [0, 0.05) is 25.1 Å². The van der Waals surface area contributed by atoms with Gasteiger partial charge in [-0.25, -0.2) is 0 Å². The number of hydrogen-bond donors (Lipinski definition) is 0. The molecule has 0 bridgehead atoms. The zero-order valence-electron chi connectivity index (χ0n) is 8.64. The van der Waals surface area contributed by atoms with Crippen LogP contribution in [0.4, 0.5) is 0 Å². The fraction of sp³-hybridized carbons (Fsp3) is 0. The Hall–Kier alpha value is -1.03. The van der Waals surface area contributed by atoms with E-state index in [0.29, 0.717) is 0 Å². The molecule has 0 N–H and O–H groups in total. The summed E-state index contributed by atoms with van der Waals surface area (Å²) in [6, 6.07) is 13.4. The summed E-state index contributed by atoms with van der Waals surface area (Å²) in [5.74, 6) is 0. The maximum absolute atomic E-state index is 12.3. The van der Waals surface area contributed by atoms with Crippen LogP contribution < -0.4 is 5.43 Å². The molecule has 1 nitrogen and oxygen atoms in total. The van der Waals surface area contributed by atoms with Crippen LogP contribution in [0.2, 0.25) is 0 Å². The molecule has 84 valence electrons. The molecule has 0 spiro atoms. The summed E-state index contributed by atoms with van der Waals surface area (Å²) >= 11 is 1.63. The zero-order valence-corrected chi connectivity index (χ0v) is 11.0. The molecule has 3 aromatic rings. The number of fused-ring (bicyclic) bond motifs is 2. The van der Waals surface area contributed by atoms with Crippen molar-refractivity contribution in [2.24, 2.45) is 0 Å². The minimum absolute atomic E-state index is 0.0851. The van der Waals surface area contributed by atoms with Crippen LogP contribution in [0.25, 0.3) is 20.2 Å². The molecular weight excluding hydrogens is 272 g/mol. The van der Waals surface area contributed by atoms with Crippen LogP contribution in [0.15, 0.2) is 52.2 Å². The van der Waals surface area contributed by atoms with E-state index in [4.69, 9.17) is 10.7 Å². The molecule has 0 saturated heterocycles. The van der Waals surface area contributed by atoms with E-state index in [-0.39, 0.29) is 5.43 Å². The van der Waals surface area contributed by atoms with Gasteiger partial charge in [0.25, 0.3) is 0 Å². The Balaban J connectivity index is 2.51. The third kappa shape index (κ3) is 1.84. The lowest BCUT2D eigenvalue weighted by Gasteiger charge is -2.01. The zero-order chi connectivity index (χ0) is 11.8. The molecular formula is C13H7ClOS2. The topological polar surface area (TPSA) is 17.1 Å². The maximum atomic E-state index is 12.3. The predicted octanol–water partition coefficient (Wildman–Crippen LogP) is 4.66. The minimum atomic E-state index is 0.0851. The lowest BCUT2D eigenvalue weighted by molar-refractivity contribution is 1.53. The van der Waals surface area contributed by atoms with Crippen molar-refractivity contribution < 1.29 is 0 Å². The van der Waals surface area contributed by atoms with E-state index < -0.39 is 0 Å². The maximum Gasteiger partial charge on any atom is 0.195 e. The van der Waals surface area contributed by atoms with Gasteiger partial charge >= 0.3 is 0 Å². The first-order valence-electron chi connectivity index (χ1n) is 5.04. The van der Waals surface area contributed by atoms with Crippen molar-refractivity contribution in [3.05, 3.63) is 52.7 Å². The van der Waals surface area contributed by atoms with Gasteiger partial charge in [-0.1, -0.05) is 12.1 Å². The van der Waals surface area contributed by atoms with Crippen LogP contribution in [0, 0.1) is 0 Å². The van der Waals surface area contributed by atoms with Gasteiger partial charge < -0.3 is 0 Å². The Morgan fingerprint density at radius 1 is 1.00 bits per heavy atom. The first-order valence-corrected chi connectivity index (χ1v) is 7.50. The molecule has 3 rings (SSSR count). The van der Waals surface area contributed by atoms with Crippen LogP contribution in [0.3, 0.4) is 0 Å². The van der Waals surface area contributed by atoms with Gasteiger partial charge in [0.15, 0.2) is 5.43 Å². The third-order valence-corrected chi connectivity index (χ3v) is 4.75. The number of hydrogen-bond acceptors (Lipinski definition) is 3. The van der Waals surface area contributed by atoms with E-state index in [2.05, 4.69) is 0 Å². The highest BCUT2D eigenvalue weighted by atomic mass is 35.7. The fourth-order valence-corrected chi connectivity index (χ4v) is 3.45. The Labute approximate surface area is 111 Å². The van der Waals surface area contributed by atoms with Crippen molar-refractivity contribution in [3.63, 3.8) is 0 Å². The van der Waals surface area contributed by atoms with E-state index in [1.807, 2.05) is 42.5 Å². The Morgan fingerprint density at radius 2 is 1.76 bits per heavy atom. The van der Waals surface area contributed by atoms with Crippen LogP contribution in [-0.4, -0.2) is 0 Å². The predicted molar refractivity (Wildman–Crippen MR) is 77.3 cm³/mol. The minimum Gasteiger partial charge on any atom is -0.289 e. The SMILES string of the molecule is O=c1c2ccccc2sc2ccc(SCl)cc12. The summed E-state index contributed by atoms with van der Waals surface area (Å²) in [6.45, 7) is 0. The summed E-state index contributed by atoms with van der Waals surface area (Å²) < 4.78 is 2.03. The van der Waals surface area contributed by atoms with Crippen molar-refractivity contribution in [1.29, 1.82) is 0 Å². The van der Waals surface area contributed by atoms with Gasteiger partial charge in [0.2, 0.25) is 0 Å². The van der Waals surface area contributed by atoms with Crippen LogP contribution in [0.1, 0.15) is 0 Å². The van der Waals surface area contributed by atoms with Gasteiger partial charge in [-0.2, -0.15) is 0 Å². The molecule has 0 amide bonds. The van der Waals surface area contributed by atoms with E-state index in [0.717, 1.165) is 36.0 Å². The highest BCUT2D eigenvalue weighted by Crippen LogP contribution is 2.29. The Bertz CT molecular complexity index is 764. The molecule has 0 fully saturated rings. The Kier molecular flexibility index (Phi) is 2.82. The average molecular weight is 279 g/mol. The molecule has 1 heterocycles. The lowest BCUT2D eigenvalue weighted by atomic mass is 10.2. The highest BCUT2D eigenvalue weighted by molar-refractivity contribution is 8.21. The lowest BCUT2D eigenvalue weighted by Crippen LogP contribution is -2.00. The summed E-state index contributed by atoms with van der Waals surface area (Å²) in [5.41, 5.74) is 0.0851. The standard InChI is InChI=1S/C13H7ClOS2/c14-17-8-5-6-12-10(7-8)13(15)9-3-1-2-4-11(9)16-12/h1-7H. The first-order chi connectivity index (χ1) is 8.29. The second-order valence-corrected chi connectivity index (χ2v) is 5.83. The molecule has 2 aromatic carbocycles. The van der Waals surface area contributed by atoms with Crippen LogP contribution in [-0.2, 0) is 0 Å². The van der Waals surface area contributed by atoms with E-state index in [1.165, 1.54) is 0 Å². The second-order valence-electron chi connectivity index (χ2n) is 3.66. The molecule has 0 saturated carbocycles. The highest BCUT2D eigenvalue weighted by Gasteiger charge is 2.06. The van der Waals surface area contributed by atoms with Crippen molar-refractivity contribution in [3.8, 4) is 0 Å². The smallest absolute Gasteiger partial charge is 0.195 e. The van der Waals surface area contributed by atoms with Crippen LogP contribution >= 0.6 is 33.0 Å². The van der Waals surface area contributed by atoms with Gasteiger partial charge in [0.1, 0.15) is 0 Å². The second kappa shape index (κ2) is 4.33. The van der Waals surface area contributed by atoms with Gasteiger partial charge in [-0.15, -0.1) is 11.3 Å². The molecule has 17 heavy (non-hydrogen) atoms. The first kappa shape index (κ1) is 11.1. The monoisotopic (exact) mass is 278 g/mol. The molecule has 0 radical (unpaired) electrons. The third-order valence-electron chi connectivity index (χ3n) is 2.64. The molecule has 4 heteroatoms. The molecule has 0 aliphatic heterocycles.